The van der Waals surface area contributed by atoms with Crippen LogP contribution in [0, 0.1) is 0 Å². The minimum absolute atomic E-state index is 0.280. The molecule has 0 aromatic heterocycles. The molecule has 0 saturated carbocycles. The van der Waals surface area contributed by atoms with Gasteiger partial charge in [-0.15, -0.1) is 4.78 Å². The van der Waals surface area contributed by atoms with Gasteiger partial charge in [0.25, 0.3) is 0 Å². The zero-order valence-corrected chi connectivity index (χ0v) is 17.2. The minimum atomic E-state index is -3.04. The molecule has 1 rings (SSSR count). The van der Waals surface area contributed by atoms with Gasteiger partial charge in [0.1, 0.15) is 0 Å². The number of thiocarbonyl (C=S) groups is 1. The third-order valence-electron chi connectivity index (χ3n) is 2.56. The molecule has 0 fully saturated rings. The molecular formula is C13H20Cl2N3O2PS2. The fraction of sp³-hybridized carbons (Fsp3) is 0.462. The van der Waals surface area contributed by atoms with Crippen molar-refractivity contribution in [2.24, 2.45) is 0 Å². The van der Waals surface area contributed by atoms with E-state index in [1.54, 1.807) is 32.2 Å². The van der Waals surface area contributed by atoms with E-state index >= 15 is 0 Å². The highest BCUT2D eigenvalue weighted by Crippen LogP contribution is 2.60. The second kappa shape index (κ2) is 10.1. The lowest BCUT2D eigenvalue weighted by atomic mass is 10.3. The summed E-state index contributed by atoms with van der Waals surface area (Å²) >= 11 is 18.3. The number of nitrogens with one attached hydrogen (secondary N) is 2. The van der Waals surface area contributed by atoms with Crippen LogP contribution in [0.1, 0.15) is 20.3 Å². The molecule has 5 nitrogen and oxygen atoms in total. The Morgan fingerprint density at radius 1 is 1.39 bits per heavy atom. The first-order chi connectivity index (χ1) is 10.8. The average Bonchev–Trinajstić information content (AvgIpc) is 2.49. The highest BCUT2D eigenvalue weighted by Gasteiger charge is 2.30. The van der Waals surface area contributed by atoms with Crippen LogP contribution in [0.4, 0.5) is 5.69 Å². The topological polar surface area (TPSA) is 53.6 Å². The van der Waals surface area contributed by atoms with Crippen LogP contribution in [-0.4, -0.2) is 29.3 Å². The number of benzene rings is 1. The van der Waals surface area contributed by atoms with E-state index in [1.165, 1.54) is 16.2 Å². The predicted octanol–water partition coefficient (Wildman–Crippen LogP) is 5.41. The van der Waals surface area contributed by atoms with Crippen LogP contribution < -0.4 is 10.7 Å². The molecule has 0 aliphatic heterocycles. The molecule has 1 unspecified atom stereocenters. The van der Waals surface area contributed by atoms with Gasteiger partial charge < -0.3 is 9.84 Å². The summed E-state index contributed by atoms with van der Waals surface area (Å²) in [5, 5.41) is 4.13. The van der Waals surface area contributed by atoms with Gasteiger partial charge in [-0.2, -0.15) is 0 Å². The molecule has 0 saturated heterocycles. The van der Waals surface area contributed by atoms with E-state index in [9.17, 15) is 4.57 Å². The molecule has 0 bridgehead atoms. The standard InChI is InChI=1S/C13H20Cl2N3O2PS2/c1-4-8-23-21(19,20-5-2)18(3)17-13(22)16-10-6-7-11(14)12(15)9-10/h6-7,9H,4-5,8H2,1-3H3,(H2,16,17,22). The van der Waals surface area contributed by atoms with Crippen LogP contribution in [0.2, 0.25) is 10.0 Å². The maximum Gasteiger partial charge on any atom is 0.346 e. The van der Waals surface area contributed by atoms with E-state index in [1.807, 2.05) is 6.92 Å². The van der Waals surface area contributed by atoms with Crippen molar-refractivity contribution in [3.8, 4) is 0 Å². The number of rotatable bonds is 8. The Hall–Kier alpha value is -0.0100. The van der Waals surface area contributed by atoms with Crippen LogP contribution in [0.15, 0.2) is 18.2 Å². The summed E-state index contributed by atoms with van der Waals surface area (Å²) in [6, 6.07) is 5.07. The number of hydrogen-bond acceptors (Lipinski definition) is 4. The lowest BCUT2D eigenvalue weighted by Crippen LogP contribution is -2.39. The molecule has 130 valence electrons. The van der Waals surface area contributed by atoms with Gasteiger partial charge in [-0.25, -0.2) is 0 Å². The zero-order chi connectivity index (χ0) is 17.5. The molecule has 0 heterocycles. The Morgan fingerprint density at radius 2 is 2.09 bits per heavy atom. The molecule has 10 heteroatoms. The molecule has 0 amide bonds. The second-order valence-electron chi connectivity index (χ2n) is 4.44. The second-order valence-corrected chi connectivity index (χ2v) is 10.3. The first kappa shape index (κ1) is 21.0. The minimum Gasteiger partial charge on any atom is -0.332 e. The van der Waals surface area contributed by atoms with E-state index < -0.39 is 6.72 Å². The molecular weight excluding hydrogens is 396 g/mol. The van der Waals surface area contributed by atoms with Crippen molar-refractivity contribution < 1.29 is 9.09 Å². The van der Waals surface area contributed by atoms with Crippen LogP contribution in [0.25, 0.3) is 0 Å². The highest BCUT2D eigenvalue weighted by atomic mass is 35.5. The van der Waals surface area contributed by atoms with E-state index in [0.29, 0.717) is 22.3 Å². The van der Waals surface area contributed by atoms with Crippen molar-refractivity contribution in [3.63, 3.8) is 0 Å². The summed E-state index contributed by atoms with van der Waals surface area (Å²) in [5.74, 6) is 0.732. The molecule has 0 radical (unpaired) electrons. The van der Waals surface area contributed by atoms with Gasteiger partial charge in [-0.3, -0.25) is 9.99 Å². The molecule has 1 aromatic rings. The molecule has 0 aliphatic rings. The van der Waals surface area contributed by atoms with Gasteiger partial charge in [-0.05, 0) is 43.8 Å². The third kappa shape index (κ3) is 6.78. The molecule has 0 spiro atoms. The fourth-order valence-corrected chi connectivity index (χ4v) is 5.95. The zero-order valence-electron chi connectivity index (χ0n) is 13.1. The fourth-order valence-electron chi connectivity index (χ4n) is 1.52. The van der Waals surface area contributed by atoms with Gasteiger partial charge in [0, 0.05) is 18.5 Å². The van der Waals surface area contributed by atoms with Gasteiger partial charge in [0.2, 0.25) is 0 Å². The van der Waals surface area contributed by atoms with Gasteiger partial charge >= 0.3 is 6.72 Å². The predicted molar refractivity (Wildman–Crippen MR) is 106 cm³/mol. The number of anilines is 1. The van der Waals surface area contributed by atoms with Crippen LogP contribution in [-0.2, 0) is 9.09 Å². The lowest BCUT2D eigenvalue weighted by molar-refractivity contribution is 0.291. The first-order valence-electron chi connectivity index (χ1n) is 6.98. The number of nitrogens with zero attached hydrogens (tertiary/aromatic N) is 1. The van der Waals surface area contributed by atoms with Crippen molar-refractivity contribution in [1.82, 2.24) is 10.2 Å². The van der Waals surface area contributed by atoms with E-state index in [-0.39, 0.29) is 5.11 Å². The number of hydrogen-bond donors (Lipinski definition) is 2. The van der Waals surface area contributed by atoms with Crippen LogP contribution in [0.3, 0.4) is 0 Å². The SMILES string of the molecule is CCCSP(=O)(OCC)N(C)NC(=S)Nc1ccc(Cl)c(Cl)c1. The van der Waals surface area contributed by atoms with E-state index in [0.717, 1.165) is 12.2 Å². The van der Waals surface area contributed by atoms with Crippen LogP contribution in [0.5, 0.6) is 0 Å². The Bertz CT molecular complexity index is 592. The maximum absolute atomic E-state index is 12.8. The Morgan fingerprint density at radius 3 is 2.65 bits per heavy atom. The summed E-state index contributed by atoms with van der Waals surface area (Å²) in [5.41, 5.74) is 3.54. The molecule has 1 aromatic carbocycles. The Balaban J connectivity index is 2.69. The van der Waals surface area contributed by atoms with Crippen molar-refractivity contribution in [3.05, 3.63) is 28.2 Å². The largest absolute Gasteiger partial charge is 0.346 e. The highest BCUT2D eigenvalue weighted by molar-refractivity contribution is 8.55. The van der Waals surface area contributed by atoms with Crippen molar-refractivity contribution in [2.45, 2.75) is 20.3 Å². The van der Waals surface area contributed by atoms with Crippen molar-refractivity contribution >= 4 is 64.3 Å². The summed E-state index contributed by atoms with van der Waals surface area (Å²) in [6.07, 6.45) is 0.904. The summed E-state index contributed by atoms with van der Waals surface area (Å²) in [6.45, 7) is 1.14. The van der Waals surface area contributed by atoms with Crippen molar-refractivity contribution in [1.29, 1.82) is 0 Å². The summed E-state index contributed by atoms with van der Waals surface area (Å²) < 4.78 is 19.7. The van der Waals surface area contributed by atoms with Gasteiger partial charge in [0.15, 0.2) is 5.11 Å². The van der Waals surface area contributed by atoms with Gasteiger partial charge in [0.05, 0.1) is 16.7 Å². The quantitative estimate of drug-likeness (QED) is 0.334. The molecule has 0 aliphatic carbocycles. The maximum atomic E-state index is 12.8. The van der Waals surface area contributed by atoms with Gasteiger partial charge in [-0.1, -0.05) is 41.5 Å². The average molecular weight is 416 g/mol. The summed E-state index contributed by atoms with van der Waals surface area (Å²) in [7, 11) is 1.64. The smallest absolute Gasteiger partial charge is 0.332 e. The normalized spacial score (nSPS) is 13.7. The first-order valence-corrected chi connectivity index (χ1v) is 11.3. The number of halogens is 2. The monoisotopic (exact) mass is 415 g/mol. The van der Waals surface area contributed by atoms with Crippen LogP contribution >= 0.6 is 53.5 Å². The van der Waals surface area contributed by atoms with Crippen molar-refractivity contribution in [2.75, 3.05) is 24.7 Å². The Kier molecular flexibility index (Phi) is 9.23. The van der Waals surface area contributed by atoms with E-state index in [4.69, 9.17) is 39.9 Å². The molecule has 1 atom stereocenters. The van der Waals surface area contributed by atoms with E-state index in [2.05, 4.69) is 10.7 Å². The molecule has 2 N–H and O–H groups in total. The lowest BCUT2D eigenvalue weighted by Gasteiger charge is -2.27. The molecule has 23 heavy (non-hydrogen) atoms. The summed E-state index contributed by atoms with van der Waals surface area (Å²) in [4.78, 5) is 0. The number of hydrazine groups is 1. The third-order valence-corrected chi connectivity index (χ3v) is 8.41. The Labute approximate surface area is 156 Å².